The molecule has 0 aromatic heterocycles. The van der Waals surface area contributed by atoms with E-state index >= 15 is 0 Å². The van der Waals surface area contributed by atoms with E-state index < -0.39 is 24.2 Å². The smallest absolute Gasteiger partial charge is 0.410 e. The second-order valence-corrected chi connectivity index (χ2v) is 6.93. The van der Waals surface area contributed by atoms with Crippen molar-refractivity contribution >= 4 is 23.7 Å². The number of rotatable bonds is 3. The Kier molecular flexibility index (Phi) is 4.76. The van der Waals surface area contributed by atoms with E-state index in [2.05, 4.69) is 0 Å². The van der Waals surface area contributed by atoms with Crippen LogP contribution >= 0.6 is 0 Å². The number of fused-ring (bicyclic) bond motifs is 1. The lowest BCUT2D eigenvalue weighted by Crippen LogP contribution is -2.39. The molecule has 2 aliphatic heterocycles. The molecule has 0 unspecified atom stereocenters. The van der Waals surface area contributed by atoms with Crippen LogP contribution in [0, 0.1) is 0 Å². The van der Waals surface area contributed by atoms with Crippen molar-refractivity contribution in [3.05, 3.63) is 29.3 Å². The third-order valence-electron chi connectivity index (χ3n) is 4.92. The predicted molar refractivity (Wildman–Crippen MR) is 93.7 cm³/mol. The van der Waals surface area contributed by atoms with Gasteiger partial charge in [-0.3, -0.25) is 9.69 Å². The maximum absolute atomic E-state index is 12.5. The molecule has 2 heterocycles. The number of carboxylic acid groups (broad SMARTS) is 1. The third-order valence-corrected chi connectivity index (χ3v) is 4.92. The first-order chi connectivity index (χ1) is 12.3. The van der Waals surface area contributed by atoms with Crippen molar-refractivity contribution in [3.8, 4) is 0 Å². The summed E-state index contributed by atoms with van der Waals surface area (Å²) in [5.41, 5.74) is 3.23. The molecule has 1 fully saturated rings. The summed E-state index contributed by atoms with van der Waals surface area (Å²) >= 11 is 0. The van der Waals surface area contributed by atoms with Gasteiger partial charge >= 0.3 is 12.1 Å². The molecule has 1 aromatic carbocycles. The summed E-state index contributed by atoms with van der Waals surface area (Å²) in [7, 11) is 3.91. The highest BCUT2D eigenvalue weighted by molar-refractivity contribution is 5.83. The number of likely N-dealkylation sites (tertiary alicyclic amines) is 1. The number of ether oxygens (including phenoxy) is 1. The number of aliphatic carboxylic acids is 1. The Hall–Kier alpha value is -2.77. The molecular weight excluding hydrogens is 338 g/mol. The zero-order valence-electron chi connectivity index (χ0n) is 15.1. The topological polar surface area (TPSA) is 90.4 Å². The van der Waals surface area contributed by atoms with E-state index in [0.29, 0.717) is 13.1 Å². The van der Waals surface area contributed by atoms with Crippen molar-refractivity contribution in [1.82, 2.24) is 9.80 Å². The minimum absolute atomic E-state index is 0.113. The number of nitrogens with zero attached hydrogens (tertiary/aromatic N) is 3. The Balaban J connectivity index is 1.66. The van der Waals surface area contributed by atoms with Crippen LogP contribution in [-0.2, 0) is 27.4 Å². The summed E-state index contributed by atoms with van der Waals surface area (Å²) in [6.07, 6.45) is -0.973. The fourth-order valence-electron chi connectivity index (χ4n) is 3.63. The van der Waals surface area contributed by atoms with Gasteiger partial charge in [0.1, 0.15) is 12.1 Å². The predicted octanol–water partition coefficient (Wildman–Crippen LogP) is 1.28. The Bertz CT molecular complexity index is 726. The summed E-state index contributed by atoms with van der Waals surface area (Å²) in [5, 5.41) is 9.25. The van der Waals surface area contributed by atoms with E-state index in [0.717, 1.165) is 16.8 Å². The van der Waals surface area contributed by atoms with Crippen molar-refractivity contribution in [2.24, 2.45) is 0 Å². The van der Waals surface area contributed by atoms with Gasteiger partial charge in [0, 0.05) is 39.7 Å². The van der Waals surface area contributed by atoms with Gasteiger partial charge in [0.05, 0.1) is 13.1 Å². The van der Waals surface area contributed by atoms with Gasteiger partial charge in [0.25, 0.3) is 0 Å². The quantitative estimate of drug-likeness (QED) is 0.872. The average molecular weight is 361 g/mol. The number of carboxylic acids is 1. The third kappa shape index (κ3) is 3.31. The van der Waals surface area contributed by atoms with Gasteiger partial charge in [-0.2, -0.15) is 0 Å². The molecule has 8 heteroatoms. The number of carbonyl (C=O) groups is 3. The Morgan fingerprint density at radius 3 is 2.54 bits per heavy atom. The van der Waals surface area contributed by atoms with Gasteiger partial charge in [-0.15, -0.1) is 0 Å². The molecule has 8 nitrogen and oxygen atoms in total. The van der Waals surface area contributed by atoms with Crippen LogP contribution < -0.4 is 4.90 Å². The SMILES string of the molecule is CC(=O)N1C[C@H](OC(=O)N2Cc3cccc(N(C)C)c3C2)C[C@H]1C(=O)O. The first-order valence-corrected chi connectivity index (χ1v) is 8.51. The Labute approximate surface area is 151 Å². The zero-order chi connectivity index (χ0) is 19.0. The van der Waals surface area contributed by atoms with Gasteiger partial charge in [-0.05, 0) is 17.2 Å². The maximum atomic E-state index is 12.5. The molecule has 0 aliphatic carbocycles. The molecular formula is C18H23N3O5. The first-order valence-electron chi connectivity index (χ1n) is 8.51. The number of hydrogen-bond acceptors (Lipinski definition) is 5. The van der Waals surface area contributed by atoms with Crippen LogP contribution in [0.25, 0.3) is 0 Å². The molecule has 0 saturated carbocycles. The Morgan fingerprint density at radius 1 is 1.23 bits per heavy atom. The lowest BCUT2D eigenvalue weighted by Gasteiger charge is -2.20. The lowest BCUT2D eigenvalue weighted by atomic mass is 10.1. The van der Waals surface area contributed by atoms with E-state index in [9.17, 15) is 19.5 Å². The number of carbonyl (C=O) groups excluding carboxylic acids is 2. The molecule has 1 N–H and O–H groups in total. The van der Waals surface area contributed by atoms with Crippen molar-refractivity contribution in [1.29, 1.82) is 0 Å². The standard InChI is InChI=1S/C18H23N3O5/c1-11(22)21-9-13(7-16(21)17(23)24)26-18(25)20-8-12-5-4-6-15(19(2)3)14(12)10-20/h4-6,13,16H,7-10H2,1-3H3,(H,23,24)/t13-,16+/m1/s1. The van der Waals surface area contributed by atoms with E-state index in [1.54, 1.807) is 4.90 Å². The molecule has 1 saturated heterocycles. The fraction of sp³-hybridized carbons (Fsp3) is 0.500. The van der Waals surface area contributed by atoms with Crippen molar-refractivity contribution in [2.45, 2.75) is 38.6 Å². The van der Waals surface area contributed by atoms with E-state index in [-0.39, 0.29) is 18.9 Å². The normalized spacial score (nSPS) is 21.5. The highest BCUT2D eigenvalue weighted by Gasteiger charge is 2.41. The van der Waals surface area contributed by atoms with E-state index in [1.807, 2.05) is 37.2 Å². The highest BCUT2D eigenvalue weighted by atomic mass is 16.6. The summed E-state index contributed by atoms with van der Waals surface area (Å²) in [6.45, 7) is 2.34. The minimum atomic E-state index is -1.08. The second-order valence-electron chi connectivity index (χ2n) is 6.93. The molecule has 0 radical (unpaired) electrons. The number of benzene rings is 1. The van der Waals surface area contributed by atoms with Crippen LogP contribution in [0.15, 0.2) is 18.2 Å². The van der Waals surface area contributed by atoms with Gasteiger partial charge in [-0.1, -0.05) is 12.1 Å². The van der Waals surface area contributed by atoms with Crippen LogP contribution in [0.2, 0.25) is 0 Å². The van der Waals surface area contributed by atoms with Gasteiger partial charge in [0.15, 0.2) is 0 Å². The molecule has 2 amide bonds. The molecule has 140 valence electrons. The molecule has 3 rings (SSSR count). The van der Waals surface area contributed by atoms with E-state index in [1.165, 1.54) is 11.8 Å². The van der Waals surface area contributed by atoms with Crippen LogP contribution in [-0.4, -0.2) is 65.7 Å². The van der Waals surface area contributed by atoms with Crippen LogP contribution in [0.3, 0.4) is 0 Å². The average Bonchev–Trinajstić information content (AvgIpc) is 3.18. The van der Waals surface area contributed by atoms with E-state index in [4.69, 9.17) is 4.74 Å². The molecule has 1 aromatic rings. The van der Waals surface area contributed by atoms with Crippen LogP contribution in [0.1, 0.15) is 24.5 Å². The fourth-order valence-corrected chi connectivity index (χ4v) is 3.63. The summed E-state index contributed by atoms with van der Waals surface area (Å²) in [5.74, 6) is -1.41. The lowest BCUT2D eigenvalue weighted by molar-refractivity contribution is -0.147. The monoisotopic (exact) mass is 361 g/mol. The summed E-state index contributed by atoms with van der Waals surface area (Å²) in [4.78, 5) is 40.3. The Morgan fingerprint density at radius 2 is 1.96 bits per heavy atom. The van der Waals surface area contributed by atoms with Gasteiger partial charge < -0.3 is 19.6 Å². The zero-order valence-corrected chi connectivity index (χ0v) is 15.1. The van der Waals surface area contributed by atoms with Crippen molar-refractivity contribution in [2.75, 3.05) is 25.5 Å². The summed E-state index contributed by atoms with van der Waals surface area (Å²) in [6, 6.07) is 5.01. The number of amides is 2. The van der Waals surface area contributed by atoms with Crippen molar-refractivity contribution in [3.63, 3.8) is 0 Å². The van der Waals surface area contributed by atoms with Crippen LogP contribution in [0.4, 0.5) is 10.5 Å². The highest BCUT2D eigenvalue weighted by Crippen LogP contribution is 2.31. The van der Waals surface area contributed by atoms with Gasteiger partial charge in [-0.25, -0.2) is 9.59 Å². The largest absolute Gasteiger partial charge is 0.480 e. The molecule has 2 aliphatic rings. The molecule has 2 atom stereocenters. The first kappa shape index (κ1) is 18.0. The number of anilines is 1. The maximum Gasteiger partial charge on any atom is 0.410 e. The molecule has 26 heavy (non-hydrogen) atoms. The summed E-state index contributed by atoms with van der Waals surface area (Å²) < 4.78 is 5.50. The molecule has 0 spiro atoms. The van der Waals surface area contributed by atoms with Crippen molar-refractivity contribution < 1.29 is 24.2 Å². The van der Waals surface area contributed by atoms with Gasteiger partial charge in [0.2, 0.25) is 5.91 Å². The van der Waals surface area contributed by atoms with Crippen LogP contribution in [0.5, 0.6) is 0 Å². The minimum Gasteiger partial charge on any atom is -0.480 e. The second kappa shape index (κ2) is 6.86. The molecule has 0 bridgehead atoms. The number of hydrogen-bond donors (Lipinski definition) is 1.